The number of ether oxygens (including phenoxy) is 2. The van der Waals surface area contributed by atoms with Crippen molar-refractivity contribution in [3.8, 4) is 11.5 Å². The molecule has 5 rings (SSSR count). The highest BCUT2D eigenvalue weighted by Gasteiger charge is 2.20. The van der Waals surface area contributed by atoms with Gasteiger partial charge in [0.05, 0.1) is 11.1 Å². The lowest BCUT2D eigenvalue weighted by Gasteiger charge is -2.16. The number of rotatable bonds is 4. The average Bonchev–Trinajstić information content (AvgIpc) is 2.86. The second kappa shape index (κ2) is 8.36. The van der Waals surface area contributed by atoms with Crippen molar-refractivity contribution < 1.29 is 19.1 Å². The van der Waals surface area contributed by atoms with Crippen molar-refractivity contribution >= 4 is 33.5 Å². The van der Waals surface area contributed by atoms with Gasteiger partial charge in [-0.2, -0.15) is 0 Å². The molecule has 0 amide bonds. The maximum absolute atomic E-state index is 12.8. The van der Waals surface area contributed by atoms with Gasteiger partial charge < -0.3 is 9.47 Å². The second-order valence-corrected chi connectivity index (χ2v) is 7.26. The maximum Gasteiger partial charge on any atom is 0.343 e. The van der Waals surface area contributed by atoms with Crippen molar-refractivity contribution in [2.45, 2.75) is 0 Å². The van der Waals surface area contributed by atoms with Crippen LogP contribution in [-0.4, -0.2) is 11.9 Å². The fourth-order valence-corrected chi connectivity index (χ4v) is 3.72. The van der Waals surface area contributed by atoms with Crippen molar-refractivity contribution in [3.63, 3.8) is 0 Å². The minimum absolute atomic E-state index is 0.435. The van der Waals surface area contributed by atoms with E-state index in [-0.39, 0.29) is 0 Å². The zero-order valence-electron chi connectivity index (χ0n) is 17.0. The number of hydrogen-bond acceptors (Lipinski definition) is 4. The van der Waals surface area contributed by atoms with Gasteiger partial charge >= 0.3 is 11.9 Å². The highest BCUT2D eigenvalue weighted by Crippen LogP contribution is 2.43. The predicted molar refractivity (Wildman–Crippen MR) is 124 cm³/mol. The molecule has 0 spiro atoms. The van der Waals surface area contributed by atoms with E-state index in [1.807, 2.05) is 60.7 Å². The highest BCUT2D eigenvalue weighted by atomic mass is 16.5. The Bertz CT molecular complexity index is 1270. The van der Waals surface area contributed by atoms with Crippen molar-refractivity contribution in [2.75, 3.05) is 0 Å². The molecular weight excluding hydrogens is 400 g/mol. The molecular formula is C28H18O4. The average molecular weight is 418 g/mol. The van der Waals surface area contributed by atoms with E-state index in [0.717, 1.165) is 0 Å². The van der Waals surface area contributed by atoms with Gasteiger partial charge in [0.25, 0.3) is 0 Å². The Morgan fingerprint density at radius 2 is 0.688 bits per heavy atom. The largest absolute Gasteiger partial charge is 0.422 e. The molecule has 0 saturated carbocycles. The molecule has 0 fully saturated rings. The van der Waals surface area contributed by atoms with Gasteiger partial charge in [0.15, 0.2) is 0 Å². The number of benzene rings is 5. The Kier molecular flexibility index (Phi) is 5.10. The number of carbonyl (C=O) groups is 2. The Hall–Kier alpha value is -4.44. The number of carbonyl (C=O) groups excluding carboxylic acids is 2. The van der Waals surface area contributed by atoms with Crippen LogP contribution in [0.2, 0.25) is 0 Å². The Morgan fingerprint density at radius 1 is 0.406 bits per heavy atom. The van der Waals surface area contributed by atoms with E-state index in [1.54, 1.807) is 48.5 Å². The first-order valence-corrected chi connectivity index (χ1v) is 10.2. The number of fused-ring (bicyclic) bond motifs is 2. The van der Waals surface area contributed by atoms with Gasteiger partial charge in [0, 0.05) is 21.5 Å². The Balaban J connectivity index is 1.67. The van der Waals surface area contributed by atoms with Crippen LogP contribution in [0.5, 0.6) is 11.5 Å². The first-order valence-electron chi connectivity index (χ1n) is 10.2. The van der Waals surface area contributed by atoms with E-state index in [4.69, 9.17) is 9.47 Å². The van der Waals surface area contributed by atoms with E-state index in [9.17, 15) is 9.59 Å². The van der Waals surface area contributed by atoms with Gasteiger partial charge in [-0.3, -0.25) is 0 Å². The lowest BCUT2D eigenvalue weighted by molar-refractivity contribution is 0.0726. The molecule has 32 heavy (non-hydrogen) atoms. The molecule has 0 aromatic heterocycles. The maximum atomic E-state index is 12.8. The van der Waals surface area contributed by atoms with Crippen LogP contribution >= 0.6 is 0 Å². The quantitative estimate of drug-likeness (QED) is 0.192. The molecule has 0 heterocycles. The number of esters is 2. The van der Waals surface area contributed by atoms with Crippen LogP contribution in [0.25, 0.3) is 21.5 Å². The molecule has 0 atom stereocenters. The van der Waals surface area contributed by atoms with Crippen LogP contribution in [0.4, 0.5) is 0 Å². The van der Waals surface area contributed by atoms with E-state index < -0.39 is 11.9 Å². The molecule has 0 aliphatic carbocycles. The molecule has 4 nitrogen and oxygen atoms in total. The zero-order valence-corrected chi connectivity index (χ0v) is 17.0. The third-order valence-electron chi connectivity index (χ3n) is 5.24. The predicted octanol–water partition coefficient (Wildman–Crippen LogP) is 6.43. The van der Waals surface area contributed by atoms with E-state index in [0.29, 0.717) is 44.2 Å². The number of hydrogen-bond donors (Lipinski definition) is 0. The molecule has 0 radical (unpaired) electrons. The second-order valence-electron chi connectivity index (χ2n) is 7.26. The highest BCUT2D eigenvalue weighted by molar-refractivity contribution is 6.13. The van der Waals surface area contributed by atoms with Gasteiger partial charge in [-0.1, -0.05) is 84.9 Å². The van der Waals surface area contributed by atoms with Crippen LogP contribution in [0, 0.1) is 0 Å². The van der Waals surface area contributed by atoms with Crippen LogP contribution < -0.4 is 9.47 Å². The monoisotopic (exact) mass is 418 g/mol. The summed E-state index contributed by atoms with van der Waals surface area (Å²) in [5.41, 5.74) is 0.917. The fourth-order valence-electron chi connectivity index (χ4n) is 3.72. The SMILES string of the molecule is O=C(Oc1c2ccccc2c(OC(=O)c2ccccc2)c2ccccc12)c1ccccc1. The summed E-state index contributed by atoms with van der Waals surface area (Å²) in [6, 6.07) is 32.6. The van der Waals surface area contributed by atoms with Crippen LogP contribution in [0.15, 0.2) is 109 Å². The zero-order chi connectivity index (χ0) is 21.9. The van der Waals surface area contributed by atoms with Crippen molar-refractivity contribution in [2.24, 2.45) is 0 Å². The molecule has 0 unspecified atom stereocenters. The summed E-state index contributed by atoms with van der Waals surface area (Å²) in [5.74, 6) is -0.0287. The first kappa shape index (κ1) is 19.5. The van der Waals surface area contributed by atoms with E-state index in [1.165, 1.54) is 0 Å². The molecule has 4 heteroatoms. The lowest BCUT2D eigenvalue weighted by Crippen LogP contribution is -2.11. The normalized spacial score (nSPS) is 10.8. The Labute approximate surface area is 184 Å². The fraction of sp³-hybridized carbons (Fsp3) is 0. The summed E-state index contributed by atoms with van der Waals surface area (Å²) in [7, 11) is 0. The smallest absolute Gasteiger partial charge is 0.343 e. The summed E-state index contributed by atoms with van der Waals surface area (Å²) in [6.45, 7) is 0. The minimum atomic E-state index is -0.449. The van der Waals surface area contributed by atoms with E-state index >= 15 is 0 Å². The van der Waals surface area contributed by atoms with Crippen LogP contribution in [0.1, 0.15) is 20.7 Å². The van der Waals surface area contributed by atoms with Crippen molar-refractivity contribution in [1.29, 1.82) is 0 Å². The van der Waals surface area contributed by atoms with Crippen molar-refractivity contribution in [1.82, 2.24) is 0 Å². The standard InChI is InChI=1S/C28H18O4/c29-27(19-11-3-1-4-12-19)31-25-21-15-7-9-17-23(21)26(24-18-10-8-16-22(24)25)32-28(30)20-13-5-2-6-14-20/h1-18H. The summed E-state index contributed by atoms with van der Waals surface area (Å²) in [4.78, 5) is 25.7. The van der Waals surface area contributed by atoms with E-state index in [2.05, 4.69) is 0 Å². The molecule has 0 aliphatic heterocycles. The topological polar surface area (TPSA) is 52.6 Å². The molecule has 154 valence electrons. The molecule has 0 N–H and O–H groups in total. The van der Waals surface area contributed by atoms with Gasteiger partial charge in [-0.05, 0) is 24.3 Å². The summed E-state index contributed by atoms with van der Waals surface area (Å²) in [6.07, 6.45) is 0. The van der Waals surface area contributed by atoms with Gasteiger partial charge in [0.2, 0.25) is 0 Å². The lowest BCUT2D eigenvalue weighted by atomic mass is 10.0. The third-order valence-corrected chi connectivity index (χ3v) is 5.24. The molecule has 5 aromatic rings. The molecule has 0 aliphatic rings. The molecule has 0 bridgehead atoms. The summed E-state index contributed by atoms with van der Waals surface area (Å²) >= 11 is 0. The third kappa shape index (κ3) is 3.59. The Morgan fingerprint density at radius 3 is 1.00 bits per heavy atom. The van der Waals surface area contributed by atoms with Gasteiger partial charge in [-0.15, -0.1) is 0 Å². The van der Waals surface area contributed by atoms with Crippen LogP contribution in [0.3, 0.4) is 0 Å². The summed E-state index contributed by atoms with van der Waals surface area (Å²) in [5, 5.41) is 2.75. The van der Waals surface area contributed by atoms with Crippen molar-refractivity contribution in [3.05, 3.63) is 120 Å². The molecule has 0 saturated heterocycles. The minimum Gasteiger partial charge on any atom is -0.422 e. The van der Waals surface area contributed by atoms with Gasteiger partial charge in [0.1, 0.15) is 11.5 Å². The van der Waals surface area contributed by atoms with Gasteiger partial charge in [-0.25, -0.2) is 9.59 Å². The van der Waals surface area contributed by atoms with Crippen LogP contribution in [-0.2, 0) is 0 Å². The summed E-state index contributed by atoms with van der Waals surface area (Å²) < 4.78 is 11.8. The first-order chi connectivity index (χ1) is 15.7. The molecule has 5 aromatic carbocycles.